The zero-order chi connectivity index (χ0) is 5.56. The number of hydrogen-bond acceptors (Lipinski definition) is 0. The second-order valence-corrected chi connectivity index (χ2v) is 3.18. The second kappa shape index (κ2) is 1.37. The van der Waals surface area contributed by atoms with Crippen molar-refractivity contribution in [2.45, 2.75) is 26.2 Å². The predicted octanol–water partition coefficient (Wildman–Crippen LogP) is 2.36. The van der Waals surface area contributed by atoms with Crippen molar-refractivity contribution in [1.29, 1.82) is 0 Å². The highest BCUT2D eigenvalue weighted by Crippen LogP contribution is 2.42. The normalized spacial score (nSPS) is 42.9. The molecule has 0 N–H and O–H groups in total. The first kappa shape index (κ1) is 4.60. The van der Waals surface area contributed by atoms with Crippen LogP contribution in [0, 0.1) is 11.8 Å². The van der Waals surface area contributed by atoms with Crippen LogP contribution in [0.15, 0.2) is 11.6 Å². The van der Waals surface area contributed by atoms with E-state index < -0.39 is 0 Å². The summed E-state index contributed by atoms with van der Waals surface area (Å²) in [6, 6.07) is 0. The summed E-state index contributed by atoms with van der Waals surface area (Å²) in [6.07, 6.45) is 6.90. The highest BCUT2D eigenvalue weighted by molar-refractivity contribution is 5.16. The first-order valence-electron chi connectivity index (χ1n) is 3.54. The maximum atomic E-state index is 2.47. The van der Waals surface area contributed by atoms with Gasteiger partial charge in [-0.1, -0.05) is 11.6 Å². The molecule has 0 aromatic rings. The van der Waals surface area contributed by atoms with Crippen LogP contribution in [0.4, 0.5) is 0 Å². The Morgan fingerprint density at radius 3 is 2.62 bits per heavy atom. The first-order valence-corrected chi connectivity index (χ1v) is 3.54. The monoisotopic (exact) mass is 108 g/mol. The van der Waals surface area contributed by atoms with Crippen LogP contribution in [0.25, 0.3) is 0 Å². The van der Waals surface area contributed by atoms with E-state index in [-0.39, 0.29) is 0 Å². The summed E-state index contributed by atoms with van der Waals surface area (Å²) in [5.74, 6) is 1.99. The van der Waals surface area contributed by atoms with Gasteiger partial charge in [0.25, 0.3) is 0 Å². The molecule has 2 aliphatic rings. The summed E-state index contributed by atoms with van der Waals surface area (Å²) < 4.78 is 0. The summed E-state index contributed by atoms with van der Waals surface area (Å²) in [4.78, 5) is 0. The first-order chi connectivity index (χ1) is 3.86. The van der Waals surface area contributed by atoms with Gasteiger partial charge in [-0.05, 0) is 38.0 Å². The Labute approximate surface area is 50.6 Å². The molecular formula is C8H12. The Kier molecular flexibility index (Phi) is 0.787. The third-order valence-electron chi connectivity index (χ3n) is 2.62. The number of hydrogen-bond donors (Lipinski definition) is 0. The van der Waals surface area contributed by atoms with Crippen molar-refractivity contribution in [3.8, 4) is 0 Å². The molecule has 2 atom stereocenters. The van der Waals surface area contributed by atoms with Crippen molar-refractivity contribution >= 4 is 0 Å². The Morgan fingerprint density at radius 2 is 2.38 bits per heavy atom. The van der Waals surface area contributed by atoms with Crippen LogP contribution in [0.3, 0.4) is 0 Å². The van der Waals surface area contributed by atoms with Crippen LogP contribution in [0.1, 0.15) is 26.2 Å². The average molecular weight is 108 g/mol. The number of allylic oxidation sites excluding steroid dienone is 2. The van der Waals surface area contributed by atoms with Gasteiger partial charge in [-0.25, -0.2) is 0 Å². The molecule has 2 rings (SSSR count). The van der Waals surface area contributed by atoms with Gasteiger partial charge in [0.15, 0.2) is 0 Å². The molecule has 0 aliphatic heterocycles. The third kappa shape index (κ3) is 0.460. The van der Waals surface area contributed by atoms with Crippen LogP contribution in [-0.2, 0) is 0 Å². The van der Waals surface area contributed by atoms with Crippen molar-refractivity contribution in [2.75, 3.05) is 0 Å². The Hall–Kier alpha value is -0.260. The van der Waals surface area contributed by atoms with E-state index in [0.717, 1.165) is 11.8 Å². The van der Waals surface area contributed by atoms with Gasteiger partial charge in [0, 0.05) is 0 Å². The summed E-state index contributed by atoms with van der Waals surface area (Å²) >= 11 is 0. The molecule has 44 valence electrons. The fourth-order valence-electron chi connectivity index (χ4n) is 2.09. The minimum absolute atomic E-state index is 0.986. The Bertz CT molecular complexity index is 133. The van der Waals surface area contributed by atoms with Gasteiger partial charge >= 0.3 is 0 Å². The molecule has 0 heteroatoms. The topological polar surface area (TPSA) is 0 Å². The van der Waals surface area contributed by atoms with E-state index in [1.807, 2.05) is 0 Å². The van der Waals surface area contributed by atoms with Crippen LogP contribution in [0.2, 0.25) is 0 Å². The number of fused-ring (bicyclic) bond motifs is 2. The molecule has 2 bridgehead atoms. The zero-order valence-corrected chi connectivity index (χ0v) is 5.35. The van der Waals surface area contributed by atoms with Crippen molar-refractivity contribution in [1.82, 2.24) is 0 Å². The van der Waals surface area contributed by atoms with E-state index in [0.29, 0.717) is 0 Å². The van der Waals surface area contributed by atoms with Gasteiger partial charge in [-0.2, -0.15) is 0 Å². The highest BCUT2D eigenvalue weighted by atomic mass is 14.3. The lowest BCUT2D eigenvalue weighted by Gasteiger charge is -2.05. The van der Waals surface area contributed by atoms with Gasteiger partial charge in [0.2, 0.25) is 0 Å². The van der Waals surface area contributed by atoms with Crippen molar-refractivity contribution < 1.29 is 0 Å². The molecule has 0 heterocycles. The lowest BCUT2D eigenvalue weighted by atomic mass is 10.0. The summed E-state index contributed by atoms with van der Waals surface area (Å²) in [5.41, 5.74) is 1.67. The lowest BCUT2D eigenvalue weighted by Crippen LogP contribution is -1.91. The van der Waals surface area contributed by atoms with Crippen molar-refractivity contribution in [2.24, 2.45) is 11.8 Å². The minimum Gasteiger partial charge on any atom is -0.0822 e. The van der Waals surface area contributed by atoms with Gasteiger partial charge in [0.1, 0.15) is 0 Å². The van der Waals surface area contributed by atoms with E-state index in [1.165, 1.54) is 19.3 Å². The van der Waals surface area contributed by atoms with Gasteiger partial charge in [0.05, 0.1) is 0 Å². The summed E-state index contributed by atoms with van der Waals surface area (Å²) in [7, 11) is 0. The summed E-state index contributed by atoms with van der Waals surface area (Å²) in [5, 5.41) is 0. The maximum Gasteiger partial charge on any atom is -0.0200 e. The average Bonchev–Trinajstić information content (AvgIpc) is 2.23. The second-order valence-electron chi connectivity index (χ2n) is 3.18. The quantitative estimate of drug-likeness (QED) is 0.418. The highest BCUT2D eigenvalue weighted by Gasteiger charge is 2.29. The molecule has 0 spiro atoms. The van der Waals surface area contributed by atoms with E-state index >= 15 is 0 Å². The van der Waals surface area contributed by atoms with Crippen LogP contribution in [-0.4, -0.2) is 0 Å². The molecule has 1 fully saturated rings. The van der Waals surface area contributed by atoms with Crippen LogP contribution < -0.4 is 0 Å². The van der Waals surface area contributed by atoms with E-state index in [2.05, 4.69) is 13.0 Å². The van der Waals surface area contributed by atoms with Crippen LogP contribution >= 0.6 is 0 Å². The van der Waals surface area contributed by atoms with Crippen molar-refractivity contribution in [3.63, 3.8) is 0 Å². The molecule has 0 radical (unpaired) electrons. The molecular weight excluding hydrogens is 96.1 g/mol. The van der Waals surface area contributed by atoms with E-state index in [4.69, 9.17) is 0 Å². The van der Waals surface area contributed by atoms with Gasteiger partial charge in [-0.15, -0.1) is 0 Å². The fraction of sp³-hybridized carbons (Fsp3) is 0.750. The Balaban J connectivity index is 2.29. The molecule has 0 nitrogen and oxygen atoms in total. The number of rotatable bonds is 0. The molecule has 2 aliphatic carbocycles. The van der Waals surface area contributed by atoms with E-state index in [1.54, 1.807) is 5.57 Å². The molecule has 8 heavy (non-hydrogen) atoms. The van der Waals surface area contributed by atoms with Gasteiger partial charge in [-0.3, -0.25) is 0 Å². The smallest absolute Gasteiger partial charge is 0.0200 e. The molecule has 0 aromatic heterocycles. The fourth-order valence-corrected chi connectivity index (χ4v) is 2.09. The molecule has 0 saturated heterocycles. The summed E-state index contributed by atoms with van der Waals surface area (Å²) in [6.45, 7) is 2.28. The largest absolute Gasteiger partial charge is 0.0822 e. The zero-order valence-electron chi connectivity index (χ0n) is 5.35. The third-order valence-corrected chi connectivity index (χ3v) is 2.62. The maximum absolute atomic E-state index is 2.47. The predicted molar refractivity (Wildman–Crippen MR) is 34.6 cm³/mol. The molecule has 2 unspecified atom stereocenters. The standard InChI is InChI=1S/C8H12/c1-6-4-7-2-3-8(6)5-7/h4,7-8H,2-3,5H2,1H3. The SMILES string of the molecule is CC1=CC2CCC1C2. The van der Waals surface area contributed by atoms with E-state index in [9.17, 15) is 0 Å². The minimum atomic E-state index is 0.986. The van der Waals surface area contributed by atoms with Crippen LogP contribution in [0.5, 0.6) is 0 Å². The molecule has 1 saturated carbocycles. The van der Waals surface area contributed by atoms with Crippen molar-refractivity contribution in [3.05, 3.63) is 11.6 Å². The molecule has 0 aromatic carbocycles. The van der Waals surface area contributed by atoms with Gasteiger partial charge < -0.3 is 0 Å². The Morgan fingerprint density at radius 1 is 1.50 bits per heavy atom. The molecule has 0 amide bonds. The lowest BCUT2D eigenvalue weighted by molar-refractivity contribution is 0.657.